The number of imidazole rings is 1. The van der Waals surface area contributed by atoms with E-state index in [0.29, 0.717) is 16.2 Å². The van der Waals surface area contributed by atoms with Gasteiger partial charge in [0.05, 0.1) is 24.6 Å². The summed E-state index contributed by atoms with van der Waals surface area (Å²) in [5.41, 5.74) is 9.98. The van der Waals surface area contributed by atoms with Gasteiger partial charge in [0.1, 0.15) is 0 Å². The topological polar surface area (TPSA) is 68.6 Å². The molecule has 3 aromatic rings. The number of anilines is 2. The first kappa shape index (κ1) is 17.6. The van der Waals surface area contributed by atoms with Gasteiger partial charge >= 0.3 is 0 Å². The summed E-state index contributed by atoms with van der Waals surface area (Å²) < 4.78 is 9.45. The number of hydrogen-bond acceptors (Lipinski definition) is 5. The number of nitrogens with zero attached hydrogens (tertiary/aromatic N) is 3. The molecule has 3 N–H and O–H groups in total. The van der Waals surface area contributed by atoms with Crippen LogP contribution >= 0.6 is 12.2 Å². The minimum absolute atomic E-state index is 0.127. The minimum Gasteiger partial charge on any atom is -0.493 e. The minimum atomic E-state index is 0.127. The molecule has 6 nitrogen and oxygen atoms in total. The van der Waals surface area contributed by atoms with E-state index in [2.05, 4.69) is 17.0 Å². The Labute approximate surface area is 163 Å². The van der Waals surface area contributed by atoms with E-state index in [9.17, 15) is 5.11 Å². The van der Waals surface area contributed by atoms with Crippen LogP contribution < -0.4 is 10.6 Å². The second kappa shape index (κ2) is 7.09. The van der Waals surface area contributed by atoms with Gasteiger partial charge in [-0.15, -0.1) is 0 Å². The Morgan fingerprint density at radius 2 is 1.41 bits per heavy atom. The van der Waals surface area contributed by atoms with Gasteiger partial charge in [-0.25, -0.2) is 0 Å². The molecule has 1 aliphatic rings. The molecule has 0 spiro atoms. The first-order valence-electron chi connectivity index (χ1n) is 8.88. The molecule has 0 saturated carbocycles. The standard InChI is InChI=1S/C20H22N4O2S/c1-14-19(25)24(18-4-2-15(21)3-5-18)20(27)23(14)17-8-6-16(7-9-17)22-10-12-26-13-11-22/h2-9,25H,10-13,21H2,1H3. The van der Waals surface area contributed by atoms with Crippen molar-refractivity contribution < 1.29 is 9.84 Å². The highest BCUT2D eigenvalue weighted by atomic mass is 32.1. The van der Waals surface area contributed by atoms with Gasteiger partial charge in [0.25, 0.3) is 0 Å². The van der Waals surface area contributed by atoms with E-state index in [1.807, 2.05) is 35.8 Å². The van der Waals surface area contributed by atoms with E-state index in [1.54, 1.807) is 16.7 Å². The molecule has 0 amide bonds. The smallest absolute Gasteiger partial charge is 0.218 e. The first-order valence-corrected chi connectivity index (χ1v) is 9.29. The Morgan fingerprint density at radius 1 is 0.889 bits per heavy atom. The van der Waals surface area contributed by atoms with Crippen LogP contribution in [0.2, 0.25) is 0 Å². The van der Waals surface area contributed by atoms with Crippen LogP contribution in [0.15, 0.2) is 48.5 Å². The lowest BCUT2D eigenvalue weighted by molar-refractivity contribution is 0.122. The number of aromatic hydroxyl groups is 1. The van der Waals surface area contributed by atoms with Gasteiger partial charge in [0.15, 0.2) is 4.77 Å². The van der Waals surface area contributed by atoms with E-state index in [-0.39, 0.29) is 5.88 Å². The first-order chi connectivity index (χ1) is 13.1. The predicted octanol–water partition coefficient (Wildman–Crippen LogP) is 3.43. The van der Waals surface area contributed by atoms with Crippen molar-refractivity contribution in [2.45, 2.75) is 6.92 Å². The number of morpholine rings is 1. The third-order valence-electron chi connectivity index (χ3n) is 4.89. The summed E-state index contributed by atoms with van der Waals surface area (Å²) in [6.07, 6.45) is 0. The molecule has 0 radical (unpaired) electrons. The molecule has 2 heterocycles. The zero-order valence-corrected chi connectivity index (χ0v) is 15.9. The van der Waals surface area contributed by atoms with Crippen LogP contribution in [-0.2, 0) is 4.74 Å². The second-order valence-corrected chi connectivity index (χ2v) is 6.93. The van der Waals surface area contributed by atoms with Gasteiger partial charge in [-0.1, -0.05) is 0 Å². The number of ether oxygens (including phenoxy) is 1. The molecule has 0 unspecified atom stereocenters. The Kier molecular flexibility index (Phi) is 4.63. The van der Waals surface area contributed by atoms with Crippen molar-refractivity contribution >= 4 is 23.6 Å². The van der Waals surface area contributed by atoms with E-state index < -0.39 is 0 Å². The monoisotopic (exact) mass is 382 g/mol. The van der Waals surface area contributed by atoms with Gasteiger partial charge in [-0.3, -0.25) is 9.13 Å². The molecule has 7 heteroatoms. The normalized spacial score (nSPS) is 14.5. The Bertz CT molecular complexity index is 1000. The van der Waals surface area contributed by atoms with E-state index in [1.165, 1.54) is 0 Å². The lowest BCUT2D eigenvalue weighted by Gasteiger charge is -2.29. The number of nitrogens with two attached hydrogens (primary N) is 1. The molecule has 0 aliphatic carbocycles. The van der Waals surface area contributed by atoms with Crippen LogP contribution in [-0.4, -0.2) is 40.5 Å². The van der Waals surface area contributed by atoms with Crippen molar-refractivity contribution in [2.75, 3.05) is 36.9 Å². The molecule has 0 atom stereocenters. The van der Waals surface area contributed by atoms with Crippen LogP contribution in [0, 0.1) is 11.7 Å². The van der Waals surface area contributed by atoms with Gasteiger partial charge in [-0.05, 0) is 67.7 Å². The zero-order valence-electron chi connectivity index (χ0n) is 15.1. The van der Waals surface area contributed by atoms with Crippen LogP contribution in [0.25, 0.3) is 11.4 Å². The SMILES string of the molecule is Cc1c(O)n(-c2ccc(N)cc2)c(=S)n1-c1ccc(N2CCOCC2)cc1. The highest BCUT2D eigenvalue weighted by Crippen LogP contribution is 2.29. The summed E-state index contributed by atoms with van der Waals surface area (Å²) in [5, 5.41) is 10.7. The number of hydrogen-bond donors (Lipinski definition) is 2. The fraction of sp³-hybridized carbons (Fsp3) is 0.250. The third-order valence-corrected chi connectivity index (χ3v) is 5.25. The molecular formula is C20H22N4O2S. The van der Waals surface area contributed by atoms with E-state index in [4.69, 9.17) is 22.7 Å². The van der Waals surface area contributed by atoms with Crippen LogP contribution in [0.4, 0.5) is 11.4 Å². The predicted molar refractivity (Wildman–Crippen MR) is 110 cm³/mol. The van der Waals surface area contributed by atoms with Crippen LogP contribution in [0.5, 0.6) is 5.88 Å². The quantitative estimate of drug-likeness (QED) is 0.537. The Morgan fingerprint density at radius 3 is 2.04 bits per heavy atom. The second-order valence-electron chi connectivity index (χ2n) is 6.57. The van der Waals surface area contributed by atoms with Crippen molar-refractivity contribution in [1.29, 1.82) is 0 Å². The summed E-state index contributed by atoms with van der Waals surface area (Å²) in [6.45, 7) is 5.15. The van der Waals surface area contributed by atoms with Crippen molar-refractivity contribution in [3.05, 3.63) is 59.0 Å². The molecule has 1 saturated heterocycles. The summed E-state index contributed by atoms with van der Waals surface area (Å²) >= 11 is 5.66. The van der Waals surface area contributed by atoms with Gasteiger partial charge in [0.2, 0.25) is 5.88 Å². The molecule has 140 valence electrons. The van der Waals surface area contributed by atoms with Crippen molar-refractivity contribution in [3.63, 3.8) is 0 Å². The van der Waals surface area contributed by atoms with Gasteiger partial charge in [0, 0.05) is 30.2 Å². The zero-order chi connectivity index (χ0) is 19.0. The molecule has 4 rings (SSSR count). The summed E-state index contributed by atoms with van der Waals surface area (Å²) in [5.74, 6) is 0.127. The number of rotatable bonds is 3. The number of aromatic nitrogens is 2. The lowest BCUT2D eigenvalue weighted by atomic mass is 10.2. The fourth-order valence-corrected chi connectivity index (χ4v) is 3.82. The highest BCUT2D eigenvalue weighted by molar-refractivity contribution is 7.71. The number of nitrogen functional groups attached to an aromatic ring is 1. The molecular weight excluding hydrogens is 360 g/mol. The Hall–Kier alpha value is -2.77. The van der Waals surface area contributed by atoms with Crippen LogP contribution in [0.1, 0.15) is 5.69 Å². The van der Waals surface area contributed by atoms with Crippen molar-refractivity contribution in [3.8, 4) is 17.3 Å². The van der Waals surface area contributed by atoms with Gasteiger partial charge < -0.3 is 20.5 Å². The average Bonchev–Trinajstić information content (AvgIpc) is 2.92. The molecule has 27 heavy (non-hydrogen) atoms. The molecule has 1 aliphatic heterocycles. The van der Waals surface area contributed by atoms with Gasteiger partial charge in [-0.2, -0.15) is 0 Å². The third kappa shape index (κ3) is 3.20. The Balaban J connectivity index is 1.73. The summed E-state index contributed by atoms with van der Waals surface area (Å²) in [6, 6.07) is 15.5. The van der Waals surface area contributed by atoms with Crippen molar-refractivity contribution in [2.24, 2.45) is 0 Å². The molecule has 1 aromatic heterocycles. The average molecular weight is 382 g/mol. The largest absolute Gasteiger partial charge is 0.493 e. The molecule has 0 bridgehead atoms. The lowest BCUT2D eigenvalue weighted by Crippen LogP contribution is -2.36. The summed E-state index contributed by atoms with van der Waals surface area (Å²) in [7, 11) is 0. The van der Waals surface area contributed by atoms with E-state index >= 15 is 0 Å². The maximum absolute atomic E-state index is 10.7. The summed E-state index contributed by atoms with van der Waals surface area (Å²) in [4.78, 5) is 2.30. The van der Waals surface area contributed by atoms with Crippen molar-refractivity contribution in [1.82, 2.24) is 9.13 Å². The fourth-order valence-electron chi connectivity index (χ4n) is 3.39. The maximum atomic E-state index is 10.7. The maximum Gasteiger partial charge on any atom is 0.218 e. The highest BCUT2D eigenvalue weighted by Gasteiger charge is 2.17. The molecule has 2 aromatic carbocycles. The van der Waals surface area contributed by atoms with Crippen LogP contribution in [0.3, 0.4) is 0 Å². The van der Waals surface area contributed by atoms with E-state index in [0.717, 1.165) is 43.4 Å². The number of benzene rings is 2. The molecule has 1 fully saturated rings.